The highest BCUT2D eigenvalue weighted by Gasteiger charge is 2.23. The van der Waals surface area contributed by atoms with E-state index >= 15 is 0 Å². The molecule has 0 bridgehead atoms. The first kappa shape index (κ1) is 14.4. The van der Waals surface area contributed by atoms with Gasteiger partial charge in [-0.25, -0.2) is 8.42 Å². The highest BCUT2D eigenvalue weighted by Crippen LogP contribution is 2.33. The number of nitrogens with zero attached hydrogens (tertiary/aromatic N) is 1. The minimum absolute atomic E-state index is 0.0438. The van der Waals surface area contributed by atoms with E-state index in [2.05, 4.69) is 41.7 Å². The number of sulfonamides is 1. The lowest BCUT2D eigenvalue weighted by Crippen LogP contribution is -2.14. The smallest absolute Gasteiger partial charge is 0.265 e. The lowest BCUT2D eigenvalue weighted by atomic mass is 10.3. The summed E-state index contributed by atoms with van der Waals surface area (Å²) in [7, 11) is -3.80. The topological polar surface area (TPSA) is 98.2 Å². The molecule has 0 saturated carbocycles. The molecule has 0 fully saturated rings. The van der Waals surface area contributed by atoms with Crippen LogP contribution in [0.3, 0.4) is 0 Å². The summed E-state index contributed by atoms with van der Waals surface area (Å²) in [5, 5.41) is 3.58. The zero-order valence-electron chi connectivity index (χ0n) is 9.65. The predicted molar refractivity (Wildman–Crippen MR) is 78.3 cm³/mol. The van der Waals surface area contributed by atoms with Gasteiger partial charge in [0.2, 0.25) is 0 Å². The standard InChI is InChI=1S/C10H9Br2N3O3S/c1-5-2-9(14-18-5)15-19(16,17)10-7(11)3-6(13)4-8(10)12/h2-4H,13H2,1H3,(H,14,15). The minimum atomic E-state index is -3.80. The maximum absolute atomic E-state index is 12.3. The fraction of sp³-hybridized carbons (Fsp3) is 0.100. The van der Waals surface area contributed by atoms with Crippen molar-refractivity contribution < 1.29 is 12.9 Å². The van der Waals surface area contributed by atoms with Crippen LogP contribution in [-0.4, -0.2) is 13.6 Å². The average Bonchev–Trinajstić information content (AvgIpc) is 2.60. The molecule has 0 aliphatic heterocycles. The van der Waals surface area contributed by atoms with Crippen molar-refractivity contribution in [1.29, 1.82) is 0 Å². The van der Waals surface area contributed by atoms with E-state index in [0.29, 0.717) is 20.4 Å². The van der Waals surface area contributed by atoms with E-state index in [4.69, 9.17) is 10.3 Å². The van der Waals surface area contributed by atoms with E-state index in [-0.39, 0.29) is 10.7 Å². The van der Waals surface area contributed by atoms with Crippen LogP contribution in [0.5, 0.6) is 0 Å². The Kier molecular flexibility index (Phi) is 3.88. The van der Waals surface area contributed by atoms with E-state index in [1.807, 2.05) is 0 Å². The Hall–Kier alpha value is -1.06. The van der Waals surface area contributed by atoms with Crippen LogP contribution in [0.15, 0.2) is 36.6 Å². The lowest BCUT2D eigenvalue weighted by Gasteiger charge is -2.10. The van der Waals surface area contributed by atoms with Crippen molar-refractivity contribution in [3.05, 3.63) is 32.9 Å². The fourth-order valence-corrected chi connectivity index (χ4v) is 5.04. The van der Waals surface area contributed by atoms with Crippen molar-refractivity contribution in [2.75, 3.05) is 10.5 Å². The summed E-state index contributed by atoms with van der Waals surface area (Å²) in [5.41, 5.74) is 6.06. The van der Waals surface area contributed by atoms with Crippen molar-refractivity contribution in [3.8, 4) is 0 Å². The van der Waals surface area contributed by atoms with Gasteiger partial charge < -0.3 is 10.3 Å². The molecule has 2 rings (SSSR count). The summed E-state index contributed by atoms with van der Waals surface area (Å²) >= 11 is 6.36. The molecule has 0 saturated heterocycles. The molecule has 1 heterocycles. The highest BCUT2D eigenvalue weighted by atomic mass is 79.9. The number of rotatable bonds is 3. The number of benzene rings is 1. The third-order valence-corrected chi connectivity index (χ3v) is 5.39. The highest BCUT2D eigenvalue weighted by molar-refractivity contribution is 9.11. The largest absolute Gasteiger partial charge is 0.399 e. The molecule has 1 aromatic heterocycles. The van der Waals surface area contributed by atoms with Crippen LogP contribution in [0.4, 0.5) is 11.5 Å². The van der Waals surface area contributed by atoms with Crippen molar-refractivity contribution >= 4 is 53.4 Å². The van der Waals surface area contributed by atoms with Crippen molar-refractivity contribution in [2.24, 2.45) is 0 Å². The number of aryl methyl sites for hydroxylation is 1. The number of nitrogens with one attached hydrogen (secondary N) is 1. The van der Waals surface area contributed by atoms with Gasteiger partial charge in [0.25, 0.3) is 10.0 Å². The van der Waals surface area contributed by atoms with E-state index in [1.165, 1.54) is 18.2 Å². The van der Waals surface area contributed by atoms with E-state index < -0.39 is 10.0 Å². The molecule has 0 spiro atoms. The molecular formula is C10H9Br2N3O3S. The number of halogens is 2. The number of hydrogen-bond acceptors (Lipinski definition) is 5. The van der Waals surface area contributed by atoms with Crippen LogP contribution in [0.1, 0.15) is 5.76 Å². The van der Waals surface area contributed by atoms with Gasteiger partial charge in [-0.15, -0.1) is 0 Å². The molecule has 0 amide bonds. The summed E-state index contributed by atoms with van der Waals surface area (Å²) in [6, 6.07) is 4.50. The van der Waals surface area contributed by atoms with Crippen molar-refractivity contribution in [1.82, 2.24) is 5.16 Å². The third kappa shape index (κ3) is 3.10. The van der Waals surface area contributed by atoms with Gasteiger partial charge in [-0.1, -0.05) is 5.16 Å². The van der Waals surface area contributed by atoms with Gasteiger partial charge in [0.15, 0.2) is 5.82 Å². The molecule has 0 radical (unpaired) electrons. The number of anilines is 2. The lowest BCUT2D eigenvalue weighted by molar-refractivity contribution is 0.400. The molecule has 0 atom stereocenters. The van der Waals surface area contributed by atoms with Crippen LogP contribution < -0.4 is 10.5 Å². The molecule has 1 aromatic carbocycles. The molecule has 19 heavy (non-hydrogen) atoms. The number of nitrogen functional groups attached to an aromatic ring is 1. The van der Waals surface area contributed by atoms with Gasteiger partial charge in [0.1, 0.15) is 10.7 Å². The quantitative estimate of drug-likeness (QED) is 0.758. The Morgan fingerprint density at radius 2 is 1.84 bits per heavy atom. The Labute approximate surface area is 126 Å². The SMILES string of the molecule is Cc1cc(NS(=O)(=O)c2c(Br)cc(N)cc2Br)no1. The van der Waals surface area contributed by atoms with Gasteiger partial charge in [0.05, 0.1) is 0 Å². The molecule has 2 aromatic rings. The summed E-state index contributed by atoms with van der Waals surface area (Å²) in [6.45, 7) is 1.67. The fourth-order valence-electron chi connectivity index (χ4n) is 1.44. The Morgan fingerprint density at radius 1 is 1.26 bits per heavy atom. The normalized spacial score (nSPS) is 11.5. The Bertz CT molecular complexity index is 704. The van der Waals surface area contributed by atoms with Crippen LogP contribution in [0.2, 0.25) is 0 Å². The molecular weight excluding hydrogens is 402 g/mol. The summed E-state index contributed by atoms with van der Waals surface area (Å²) < 4.78 is 32.4. The first-order valence-electron chi connectivity index (χ1n) is 5.00. The van der Waals surface area contributed by atoms with Crippen molar-refractivity contribution in [3.63, 3.8) is 0 Å². The predicted octanol–water partition coefficient (Wildman–Crippen LogP) is 2.89. The first-order chi connectivity index (χ1) is 8.79. The number of aromatic nitrogens is 1. The maximum Gasteiger partial charge on any atom is 0.265 e. The maximum atomic E-state index is 12.3. The first-order valence-corrected chi connectivity index (χ1v) is 8.07. The summed E-state index contributed by atoms with van der Waals surface area (Å²) in [5.74, 6) is 0.626. The van der Waals surface area contributed by atoms with Crippen molar-refractivity contribution in [2.45, 2.75) is 11.8 Å². The van der Waals surface area contributed by atoms with Gasteiger partial charge in [-0.05, 0) is 50.9 Å². The second-order valence-corrected chi connectivity index (χ2v) is 7.07. The van der Waals surface area contributed by atoms with Crippen LogP contribution in [0.25, 0.3) is 0 Å². The Balaban J connectivity index is 2.45. The Morgan fingerprint density at radius 3 is 2.32 bits per heavy atom. The number of nitrogens with two attached hydrogens (primary N) is 1. The third-order valence-electron chi connectivity index (χ3n) is 2.16. The van der Waals surface area contributed by atoms with E-state index in [9.17, 15) is 8.42 Å². The zero-order valence-corrected chi connectivity index (χ0v) is 13.6. The van der Waals surface area contributed by atoms with Gasteiger partial charge in [0, 0.05) is 20.7 Å². The second-order valence-electron chi connectivity index (χ2n) is 3.74. The summed E-state index contributed by atoms with van der Waals surface area (Å²) in [4.78, 5) is 0.0438. The monoisotopic (exact) mass is 409 g/mol. The zero-order chi connectivity index (χ0) is 14.2. The van der Waals surface area contributed by atoms with E-state index in [0.717, 1.165) is 0 Å². The number of hydrogen-bond donors (Lipinski definition) is 2. The van der Waals surface area contributed by atoms with Crippen LogP contribution >= 0.6 is 31.9 Å². The van der Waals surface area contributed by atoms with E-state index in [1.54, 1.807) is 6.92 Å². The van der Waals surface area contributed by atoms with Gasteiger partial charge >= 0.3 is 0 Å². The molecule has 6 nitrogen and oxygen atoms in total. The molecule has 9 heteroatoms. The average molecular weight is 411 g/mol. The summed E-state index contributed by atoms with van der Waals surface area (Å²) in [6.07, 6.45) is 0. The van der Waals surface area contributed by atoms with Gasteiger partial charge in [-0.3, -0.25) is 4.72 Å². The molecule has 102 valence electrons. The molecule has 3 N–H and O–H groups in total. The molecule has 0 aliphatic carbocycles. The van der Waals surface area contributed by atoms with Crippen LogP contribution in [-0.2, 0) is 10.0 Å². The second kappa shape index (κ2) is 5.14. The minimum Gasteiger partial charge on any atom is -0.399 e. The van der Waals surface area contributed by atoms with Crippen LogP contribution in [0, 0.1) is 6.92 Å². The van der Waals surface area contributed by atoms with Gasteiger partial charge in [-0.2, -0.15) is 0 Å². The molecule has 0 unspecified atom stereocenters. The molecule has 0 aliphatic rings.